The smallest absolute Gasteiger partial charge is 0.282 e. The Morgan fingerprint density at radius 1 is 0.912 bits per heavy atom. The Labute approximate surface area is 332 Å². The molecule has 2 aromatic heterocycles. The van der Waals surface area contributed by atoms with Crippen LogP contribution in [-0.4, -0.2) is 80.6 Å². The average Bonchev–Trinajstić information content (AvgIpc) is 3.42. The van der Waals surface area contributed by atoms with Gasteiger partial charge in [0.05, 0.1) is 56.6 Å². The van der Waals surface area contributed by atoms with Gasteiger partial charge in [-0.05, 0) is 74.6 Å². The average molecular weight is 795 g/mol. The standard InChI is InChI=1S/C42H41ClF2N8O4/c1-41(2)28-8-6-24(18-33(28)53-32-5-3-4-29(43)37(32)39(56)49-40(41)53)42(57)10-12-50(13-11-42)23-25-21-47-34(22-46-25)52-16-14-51(15-17-52)26-19-30(44)36(31(45)20-26)27-7-9-35(54)48-38(27)55/h3-6,8,18-22,27,57H,7,9-17,23H2,1-2H3,(H,48,54,55). The Morgan fingerprint density at radius 3 is 2.32 bits per heavy atom. The summed E-state index contributed by atoms with van der Waals surface area (Å²) >= 11 is 6.47. The van der Waals surface area contributed by atoms with Gasteiger partial charge >= 0.3 is 0 Å². The lowest BCUT2D eigenvalue weighted by atomic mass is 9.81. The Kier molecular flexibility index (Phi) is 9.13. The van der Waals surface area contributed by atoms with Crippen molar-refractivity contribution in [1.29, 1.82) is 0 Å². The highest BCUT2D eigenvalue weighted by molar-refractivity contribution is 6.35. The number of imide groups is 1. The fourth-order valence-electron chi connectivity index (χ4n) is 8.99. The molecule has 4 aliphatic rings. The van der Waals surface area contributed by atoms with E-state index < -0.39 is 40.4 Å². The maximum Gasteiger partial charge on any atom is 0.282 e. The molecule has 0 saturated carbocycles. The molecule has 294 valence electrons. The summed E-state index contributed by atoms with van der Waals surface area (Å²) in [6.07, 6.45) is 4.69. The minimum absolute atomic E-state index is 0.0392. The number of rotatable bonds is 6. The van der Waals surface area contributed by atoms with Crippen LogP contribution in [0.1, 0.15) is 73.7 Å². The number of aromatic nitrogens is 4. The van der Waals surface area contributed by atoms with Gasteiger partial charge < -0.3 is 14.9 Å². The van der Waals surface area contributed by atoms with Gasteiger partial charge in [0, 0.05) is 63.5 Å². The summed E-state index contributed by atoms with van der Waals surface area (Å²) in [5.41, 5.74) is 2.45. The second-order valence-electron chi connectivity index (χ2n) is 16.0. The van der Waals surface area contributed by atoms with Crippen molar-refractivity contribution in [3.8, 4) is 5.69 Å². The fourth-order valence-corrected chi connectivity index (χ4v) is 9.24. The third-order valence-electron chi connectivity index (χ3n) is 12.3. The number of fused-ring (bicyclic) bond motifs is 5. The van der Waals surface area contributed by atoms with Crippen LogP contribution in [0, 0.1) is 11.6 Å². The molecular formula is C42H41ClF2N8O4. The highest BCUT2D eigenvalue weighted by Crippen LogP contribution is 2.45. The van der Waals surface area contributed by atoms with Crippen LogP contribution in [0.3, 0.4) is 0 Å². The van der Waals surface area contributed by atoms with E-state index in [4.69, 9.17) is 21.6 Å². The minimum Gasteiger partial charge on any atom is -0.385 e. The van der Waals surface area contributed by atoms with E-state index in [1.54, 1.807) is 18.5 Å². The van der Waals surface area contributed by atoms with E-state index in [0.717, 1.165) is 22.5 Å². The van der Waals surface area contributed by atoms with Gasteiger partial charge in [-0.25, -0.2) is 13.8 Å². The maximum absolute atomic E-state index is 15.2. The molecule has 15 heteroatoms. The molecule has 1 unspecified atom stereocenters. The molecule has 0 radical (unpaired) electrons. The molecule has 6 heterocycles. The number of carbonyl (C=O) groups excluding carboxylic acids is 2. The number of piperidine rings is 2. The zero-order chi connectivity index (χ0) is 39.8. The number of amides is 2. The van der Waals surface area contributed by atoms with E-state index in [0.29, 0.717) is 91.9 Å². The first kappa shape index (κ1) is 37.3. The number of carbonyl (C=O) groups is 2. The van der Waals surface area contributed by atoms with Crippen molar-refractivity contribution >= 4 is 45.8 Å². The van der Waals surface area contributed by atoms with Gasteiger partial charge in [-0.1, -0.05) is 29.8 Å². The molecule has 0 bridgehead atoms. The number of hydrogen-bond donors (Lipinski definition) is 2. The molecule has 2 N–H and O–H groups in total. The molecule has 57 heavy (non-hydrogen) atoms. The maximum atomic E-state index is 15.2. The molecule has 3 saturated heterocycles. The number of likely N-dealkylation sites (tertiary alicyclic amines) is 1. The molecule has 12 nitrogen and oxygen atoms in total. The zero-order valence-corrected chi connectivity index (χ0v) is 32.3. The Bertz CT molecular complexity index is 2490. The first-order valence-electron chi connectivity index (χ1n) is 19.3. The van der Waals surface area contributed by atoms with Gasteiger partial charge in [0.25, 0.3) is 5.56 Å². The number of aliphatic hydroxyl groups is 1. The SMILES string of the molecule is CC1(C)c2ccc(C3(O)CCN(Cc4cnc(N5CCN(c6cc(F)c(C7CCC(=O)NC7=O)c(F)c6)CC5)cn4)CC3)cc2-n2c1nc(=O)c1c(Cl)cccc12. The second kappa shape index (κ2) is 14.0. The third kappa shape index (κ3) is 6.43. The van der Waals surface area contributed by atoms with Gasteiger partial charge in [0.1, 0.15) is 23.3 Å². The van der Waals surface area contributed by atoms with E-state index >= 15 is 8.78 Å². The Hall–Kier alpha value is -5.31. The molecular weight excluding hydrogens is 754 g/mol. The Morgan fingerprint density at radius 2 is 1.63 bits per heavy atom. The van der Waals surface area contributed by atoms with Gasteiger partial charge in [0.15, 0.2) is 0 Å². The van der Waals surface area contributed by atoms with Crippen molar-refractivity contribution in [3.05, 3.63) is 116 Å². The van der Waals surface area contributed by atoms with Gasteiger partial charge in [0.2, 0.25) is 11.8 Å². The highest BCUT2D eigenvalue weighted by atomic mass is 35.5. The summed E-state index contributed by atoms with van der Waals surface area (Å²) in [7, 11) is 0. The predicted molar refractivity (Wildman–Crippen MR) is 211 cm³/mol. The zero-order valence-electron chi connectivity index (χ0n) is 31.6. The molecule has 3 fully saturated rings. The highest BCUT2D eigenvalue weighted by Gasteiger charge is 2.41. The topological polar surface area (TPSA) is 137 Å². The van der Waals surface area contributed by atoms with Crippen LogP contribution in [0.25, 0.3) is 16.6 Å². The summed E-state index contributed by atoms with van der Waals surface area (Å²) in [5, 5.41) is 14.9. The number of piperazine rings is 1. The van der Waals surface area contributed by atoms with Crippen molar-refractivity contribution in [2.75, 3.05) is 49.1 Å². The molecule has 0 spiro atoms. The van der Waals surface area contributed by atoms with Gasteiger partial charge in [-0.2, -0.15) is 4.98 Å². The predicted octanol–water partition coefficient (Wildman–Crippen LogP) is 5.08. The number of halogens is 3. The van der Waals surface area contributed by atoms with Crippen molar-refractivity contribution in [2.24, 2.45) is 0 Å². The van der Waals surface area contributed by atoms with Crippen molar-refractivity contribution in [2.45, 2.75) is 63.0 Å². The molecule has 1 atom stereocenters. The monoisotopic (exact) mass is 794 g/mol. The van der Waals surface area contributed by atoms with Crippen molar-refractivity contribution in [3.63, 3.8) is 0 Å². The largest absolute Gasteiger partial charge is 0.385 e. The lowest BCUT2D eigenvalue weighted by Crippen LogP contribution is -2.47. The van der Waals surface area contributed by atoms with Crippen LogP contribution in [-0.2, 0) is 27.1 Å². The quantitative estimate of drug-likeness (QED) is 0.224. The Balaban J connectivity index is 0.825. The van der Waals surface area contributed by atoms with Crippen LogP contribution in [0.2, 0.25) is 5.02 Å². The third-order valence-corrected chi connectivity index (χ3v) is 12.6. The summed E-state index contributed by atoms with van der Waals surface area (Å²) in [6, 6.07) is 14.0. The summed E-state index contributed by atoms with van der Waals surface area (Å²) in [5.74, 6) is -2.37. The number of nitrogens with one attached hydrogen (secondary N) is 1. The van der Waals surface area contributed by atoms with E-state index in [1.165, 1.54) is 12.1 Å². The van der Waals surface area contributed by atoms with Crippen LogP contribution in [0.4, 0.5) is 20.3 Å². The van der Waals surface area contributed by atoms with E-state index in [-0.39, 0.29) is 24.0 Å². The van der Waals surface area contributed by atoms with Gasteiger partial charge in [-0.3, -0.25) is 34.2 Å². The molecule has 9 rings (SSSR count). The summed E-state index contributed by atoms with van der Waals surface area (Å²) in [6.45, 7) is 8.16. The number of anilines is 2. The molecule has 2 amide bonds. The van der Waals surface area contributed by atoms with E-state index in [1.807, 2.05) is 39.8 Å². The van der Waals surface area contributed by atoms with E-state index in [2.05, 4.69) is 33.9 Å². The van der Waals surface area contributed by atoms with Crippen LogP contribution in [0.15, 0.2) is 65.7 Å². The van der Waals surface area contributed by atoms with Crippen molar-refractivity contribution in [1.82, 2.24) is 29.7 Å². The van der Waals surface area contributed by atoms with E-state index in [9.17, 15) is 19.5 Å². The lowest BCUT2D eigenvalue weighted by Gasteiger charge is -2.39. The number of nitrogens with zero attached hydrogens (tertiary/aromatic N) is 7. The van der Waals surface area contributed by atoms with Crippen LogP contribution in [0.5, 0.6) is 0 Å². The normalized spacial score (nSPS) is 20.4. The van der Waals surface area contributed by atoms with Gasteiger partial charge in [-0.15, -0.1) is 0 Å². The lowest BCUT2D eigenvalue weighted by molar-refractivity contribution is -0.134. The van der Waals surface area contributed by atoms with Crippen molar-refractivity contribution < 1.29 is 23.5 Å². The number of hydrogen-bond acceptors (Lipinski definition) is 10. The molecule has 3 aromatic carbocycles. The summed E-state index contributed by atoms with van der Waals surface area (Å²) in [4.78, 5) is 56.9. The van der Waals surface area contributed by atoms with Crippen LogP contribution >= 0.6 is 11.6 Å². The minimum atomic E-state index is -1.04. The van der Waals surface area contributed by atoms with Crippen LogP contribution < -0.4 is 20.7 Å². The second-order valence-corrected chi connectivity index (χ2v) is 16.4. The fraction of sp³-hybridized carbons (Fsp3) is 0.381. The first-order valence-corrected chi connectivity index (χ1v) is 19.6. The molecule has 0 aliphatic carbocycles. The number of benzene rings is 3. The first-order chi connectivity index (χ1) is 27.3. The molecule has 4 aliphatic heterocycles. The summed E-state index contributed by atoms with van der Waals surface area (Å²) < 4.78 is 32.3. The molecule has 5 aromatic rings.